The van der Waals surface area contributed by atoms with Gasteiger partial charge in [-0.05, 0) is 0 Å². The summed E-state index contributed by atoms with van der Waals surface area (Å²) in [6.45, 7) is 3.42. The van der Waals surface area contributed by atoms with Crippen LogP contribution in [0.4, 0.5) is 5.13 Å². The van der Waals surface area contributed by atoms with Gasteiger partial charge in [0.2, 0.25) is 11.0 Å². The van der Waals surface area contributed by atoms with Crippen molar-refractivity contribution in [3.05, 3.63) is 0 Å². The van der Waals surface area contributed by atoms with Crippen LogP contribution in [0.5, 0.6) is 0 Å². The maximum Gasteiger partial charge on any atom is 0.223 e. The summed E-state index contributed by atoms with van der Waals surface area (Å²) in [7, 11) is 0. The molecule has 0 bridgehead atoms. The van der Waals surface area contributed by atoms with E-state index in [1.165, 1.54) is 23.1 Å². The number of hydrogen-bond donors (Lipinski definition) is 2. The molecule has 2 heterocycles. The standard InChI is InChI=1S/C9H15N5OS2/c10-8-12-13-9(17-8)16-6-1-7(15)14-4-2-11-3-5-14/h11H,1-6H2,(H2,10,12). The van der Waals surface area contributed by atoms with Gasteiger partial charge < -0.3 is 16.0 Å². The van der Waals surface area contributed by atoms with Gasteiger partial charge in [0, 0.05) is 38.4 Å². The van der Waals surface area contributed by atoms with Crippen LogP contribution >= 0.6 is 23.1 Å². The summed E-state index contributed by atoms with van der Waals surface area (Å²) in [5.74, 6) is 0.952. The molecule has 94 valence electrons. The van der Waals surface area contributed by atoms with E-state index >= 15 is 0 Å². The molecular formula is C9H15N5OS2. The second-order valence-corrected chi connectivity index (χ2v) is 5.99. The summed E-state index contributed by atoms with van der Waals surface area (Å²) in [6, 6.07) is 0. The number of nitrogens with one attached hydrogen (secondary N) is 1. The number of thioether (sulfide) groups is 1. The number of nitrogen functional groups attached to an aromatic ring is 1. The van der Waals surface area contributed by atoms with Gasteiger partial charge in [0.15, 0.2) is 4.34 Å². The van der Waals surface area contributed by atoms with E-state index in [4.69, 9.17) is 5.73 Å². The smallest absolute Gasteiger partial charge is 0.223 e. The molecule has 1 amide bonds. The molecule has 1 saturated heterocycles. The highest BCUT2D eigenvalue weighted by atomic mass is 32.2. The first-order valence-electron chi connectivity index (χ1n) is 5.46. The third-order valence-electron chi connectivity index (χ3n) is 2.43. The van der Waals surface area contributed by atoms with E-state index in [9.17, 15) is 4.79 Å². The minimum Gasteiger partial charge on any atom is -0.374 e. The molecule has 0 radical (unpaired) electrons. The molecule has 0 spiro atoms. The molecule has 17 heavy (non-hydrogen) atoms. The number of aromatic nitrogens is 2. The van der Waals surface area contributed by atoms with Crippen LogP contribution in [-0.4, -0.2) is 52.9 Å². The van der Waals surface area contributed by atoms with Gasteiger partial charge in [-0.2, -0.15) is 0 Å². The Balaban J connectivity index is 1.69. The molecule has 0 aromatic carbocycles. The monoisotopic (exact) mass is 273 g/mol. The van der Waals surface area contributed by atoms with Gasteiger partial charge in [-0.25, -0.2) is 0 Å². The molecule has 0 unspecified atom stereocenters. The highest BCUT2D eigenvalue weighted by Crippen LogP contribution is 2.24. The van der Waals surface area contributed by atoms with Crippen molar-refractivity contribution in [1.29, 1.82) is 0 Å². The molecule has 1 aliphatic rings. The molecule has 0 aliphatic carbocycles. The zero-order valence-corrected chi connectivity index (χ0v) is 11.0. The van der Waals surface area contributed by atoms with E-state index in [1.54, 1.807) is 0 Å². The SMILES string of the molecule is Nc1nnc(SCCC(=O)N2CCNCC2)s1. The molecular weight excluding hydrogens is 258 g/mol. The lowest BCUT2D eigenvalue weighted by atomic mass is 10.3. The van der Waals surface area contributed by atoms with E-state index in [2.05, 4.69) is 15.5 Å². The first kappa shape index (κ1) is 12.6. The lowest BCUT2D eigenvalue weighted by Crippen LogP contribution is -2.46. The van der Waals surface area contributed by atoms with Gasteiger partial charge in [0.25, 0.3) is 0 Å². The van der Waals surface area contributed by atoms with Crippen molar-refractivity contribution in [2.75, 3.05) is 37.7 Å². The number of carbonyl (C=O) groups excluding carboxylic acids is 1. The highest BCUT2D eigenvalue weighted by molar-refractivity contribution is 8.01. The summed E-state index contributed by atoms with van der Waals surface area (Å²) in [6.07, 6.45) is 0.546. The molecule has 0 atom stereocenters. The number of hydrogen-bond acceptors (Lipinski definition) is 7. The number of nitrogens with two attached hydrogens (primary N) is 1. The predicted molar refractivity (Wildman–Crippen MR) is 69.1 cm³/mol. The molecule has 8 heteroatoms. The summed E-state index contributed by atoms with van der Waals surface area (Å²) in [4.78, 5) is 13.7. The Morgan fingerprint density at radius 1 is 1.47 bits per heavy atom. The van der Waals surface area contributed by atoms with Crippen LogP contribution in [-0.2, 0) is 4.79 Å². The van der Waals surface area contributed by atoms with Crippen LogP contribution in [0.1, 0.15) is 6.42 Å². The van der Waals surface area contributed by atoms with Crippen molar-refractivity contribution in [3.63, 3.8) is 0 Å². The summed E-state index contributed by atoms with van der Waals surface area (Å²) in [5.41, 5.74) is 5.48. The number of anilines is 1. The number of rotatable bonds is 4. The average molecular weight is 273 g/mol. The normalized spacial score (nSPS) is 16.1. The van der Waals surface area contributed by atoms with Crippen LogP contribution in [0.15, 0.2) is 4.34 Å². The van der Waals surface area contributed by atoms with Crippen LogP contribution in [0, 0.1) is 0 Å². The third kappa shape index (κ3) is 3.83. The zero-order chi connectivity index (χ0) is 12.1. The molecule has 1 fully saturated rings. The van der Waals surface area contributed by atoms with Crippen molar-refractivity contribution in [1.82, 2.24) is 20.4 Å². The Kier molecular flexibility index (Phi) is 4.57. The minimum absolute atomic E-state index is 0.219. The van der Waals surface area contributed by atoms with Crippen LogP contribution in [0.3, 0.4) is 0 Å². The Morgan fingerprint density at radius 3 is 2.88 bits per heavy atom. The first-order chi connectivity index (χ1) is 8.25. The molecule has 3 N–H and O–H groups in total. The van der Waals surface area contributed by atoms with Gasteiger partial charge in [0.1, 0.15) is 0 Å². The van der Waals surface area contributed by atoms with Crippen LogP contribution < -0.4 is 11.1 Å². The first-order valence-corrected chi connectivity index (χ1v) is 7.26. The van der Waals surface area contributed by atoms with E-state index in [1.807, 2.05) is 4.90 Å². The zero-order valence-electron chi connectivity index (χ0n) is 9.39. The van der Waals surface area contributed by atoms with Crippen LogP contribution in [0.25, 0.3) is 0 Å². The maximum absolute atomic E-state index is 11.8. The molecule has 0 saturated carbocycles. The Hall–Kier alpha value is -0.860. The third-order valence-corrected chi connectivity index (χ3v) is 4.32. The molecule has 1 aromatic heterocycles. The Labute approximate surface area is 108 Å². The number of carbonyl (C=O) groups is 1. The Bertz CT molecular complexity index is 377. The highest BCUT2D eigenvalue weighted by Gasteiger charge is 2.15. The number of amides is 1. The van der Waals surface area contributed by atoms with E-state index in [0.717, 1.165) is 36.3 Å². The summed E-state index contributed by atoms with van der Waals surface area (Å²) < 4.78 is 0.829. The molecule has 1 aromatic rings. The minimum atomic E-state index is 0.219. The van der Waals surface area contributed by atoms with E-state index in [-0.39, 0.29) is 5.91 Å². The molecule has 1 aliphatic heterocycles. The van der Waals surface area contributed by atoms with Gasteiger partial charge in [-0.3, -0.25) is 4.79 Å². The van der Waals surface area contributed by atoms with Crippen molar-refractivity contribution < 1.29 is 4.79 Å². The van der Waals surface area contributed by atoms with Crippen molar-refractivity contribution in [2.45, 2.75) is 10.8 Å². The van der Waals surface area contributed by atoms with Crippen molar-refractivity contribution >= 4 is 34.1 Å². The fourth-order valence-electron chi connectivity index (χ4n) is 1.58. The lowest BCUT2D eigenvalue weighted by molar-refractivity contribution is -0.131. The van der Waals surface area contributed by atoms with E-state index in [0.29, 0.717) is 11.6 Å². The Morgan fingerprint density at radius 2 is 2.24 bits per heavy atom. The number of nitrogens with zero attached hydrogens (tertiary/aromatic N) is 3. The van der Waals surface area contributed by atoms with E-state index < -0.39 is 0 Å². The molecule has 6 nitrogen and oxygen atoms in total. The maximum atomic E-state index is 11.8. The fourth-order valence-corrected chi connectivity index (χ4v) is 3.21. The van der Waals surface area contributed by atoms with Gasteiger partial charge >= 0.3 is 0 Å². The van der Waals surface area contributed by atoms with Crippen molar-refractivity contribution in [2.24, 2.45) is 0 Å². The predicted octanol–water partition coefficient (Wildman–Crippen LogP) is 0.0343. The lowest BCUT2D eigenvalue weighted by Gasteiger charge is -2.27. The number of piperazine rings is 1. The summed E-state index contributed by atoms with van der Waals surface area (Å²) >= 11 is 2.89. The molecule has 2 rings (SSSR count). The van der Waals surface area contributed by atoms with Crippen LogP contribution in [0.2, 0.25) is 0 Å². The summed E-state index contributed by atoms with van der Waals surface area (Å²) in [5, 5.41) is 11.3. The van der Waals surface area contributed by atoms with Gasteiger partial charge in [0.05, 0.1) is 0 Å². The quantitative estimate of drug-likeness (QED) is 0.753. The average Bonchev–Trinajstić information content (AvgIpc) is 2.76. The second-order valence-electron chi connectivity index (χ2n) is 3.64. The van der Waals surface area contributed by atoms with Gasteiger partial charge in [-0.15, -0.1) is 10.2 Å². The largest absolute Gasteiger partial charge is 0.374 e. The van der Waals surface area contributed by atoms with Gasteiger partial charge in [-0.1, -0.05) is 23.1 Å². The topological polar surface area (TPSA) is 84.1 Å². The fraction of sp³-hybridized carbons (Fsp3) is 0.667. The van der Waals surface area contributed by atoms with Crippen molar-refractivity contribution in [3.8, 4) is 0 Å². The second kappa shape index (κ2) is 6.18.